The topological polar surface area (TPSA) is 42.2 Å². The highest BCUT2D eigenvalue weighted by molar-refractivity contribution is 5.37. The number of hydrogen-bond donors (Lipinski definition) is 1. The summed E-state index contributed by atoms with van der Waals surface area (Å²) in [5, 5.41) is 7.62. The lowest BCUT2D eigenvalue weighted by atomic mass is 10.0. The van der Waals surface area contributed by atoms with E-state index in [1.54, 1.807) is 0 Å². The average molecular weight is 174 g/mol. The Balaban J connectivity index is 2.10. The van der Waals surface area contributed by atoms with Gasteiger partial charge in [-0.1, -0.05) is 6.07 Å². The normalized spacial score (nSPS) is 17.5. The van der Waals surface area contributed by atoms with Crippen molar-refractivity contribution in [1.29, 1.82) is 0 Å². The maximum atomic E-state index is 4.45. The molecular weight excluding hydrogens is 164 g/mol. The van der Waals surface area contributed by atoms with Gasteiger partial charge < -0.3 is 5.32 Å². The van der Waals surface area contributed by atoms with E-state index in [2.05, 4.69) is 15.4 Å². The summed E-state index contributed by atoms with van der Waals surface area (Å²) in [7, 11) is 0. The van der Waals surface area contributed by atoms with Crippen molar-refractivity contribution in [3.05, 3.63) is 30.2 Å². The maximum Gasteiger partial charge on any atom is 0.157 e. The molecule has 66 valence electrons. The molecule has 1 fully saturated rings. The first-order valence-corrected chi connectivity index (χ1v) is 4.45. The molecule has 0 amide bonds. The third-order valence-corrected chi connectivity index (χ3v) is 2.40. The molecule has 3 rings (SSSR count). The summed E-state index contributed by atoms with van der Waals surface area (Å²) in [6.45, 7) is 2.02. The van der Waals surface area contributed by atoms with Crippen LogP contribution in [0.25, 0.3) is 5.65 Å². The zero-order chi connectivity index (χ0) is 8.67. The van der Waals surface area contributed by atoms with E-state index in [1.165, 1.54) is 0 Å². The number of fused-ring (bicyclic) bond motifs is 1. The molecule has 1 saturated heterocycles. The van der Waals surface area contributed by atoms with Gasteiger partial charge >= 0.3 is 0 Å². The first-order chi connectivity index (χ1) is 6.43. The molecular formula is C9H10N4. The maximum absolute atomic E-state index is 4.45. The molecule has 2 aromatic heterocycles. The van der Waals surface area contributed by atoms with E-state index >= 15 is 0 Å². The predicted molar refractivity (Wildman–Crippen MR) is 48.6 cm³/mol. The van der Waals surface area contributed by atoms with Gasteiger partial charge in [-0.25, -0.2) is 9.50 Å². The SMILES string of the molecule is c1ccn2nc(C3CNC3)nc2c1. The Kier molecular flexibility index (Phi) is 1.37. The van der Waals surface area contributed by atoms with E-state index in [0.29, 0.717) is 5.92 Å². The Morgan fingerprint density at radius 2 is 2.31 bits per heavy atom. The van der Waals surface area contributed by atoms with Gasteiger partial charge in [0, 0.05) is 25.2 Å². The van der Waals surface area contributed by atoms with Crippen molar-refractivity contribution < 1.29 is 0 Å². The molecule has 0 spiro atoms. The monoisotopic (exact) mass is 174 g/mol. The molecule has 0 aromatic carbocycles. The van der Waals surface area contributed by atoms with Crippen molar-refractivity contribution in [2.24, 2.45) is 0 Å². The van der Waals surface area contributed by atoms with E-state index in [-0.39, 0.29) is 0 Å². The van der Waals surface area contributed by atoms with Gasteiger partial charge in [0.25, 0.3) is 0 Å². The molecule has 2 aromatic rings. The summed E-state index contributed by atoms with van der Waals surface area (Å²) in [4.78, 5) is 4.45. The molecule has 0 unspecified atom stereocenters. The van der Waals surface area contributed by atoms with Gasteiger partial charge in [0.1, 0.15) is 0 Å². The molecule has 0 radical (unpaired) electrons. The summed E-state index contributed by atoms with van der Waals surface area (Å²) in [6, 6.07) is 5.92. The van der Waals surface area contributed by atoms with Crippen LogP contribution >= 0.6 is 0 Å². The van der Waals surface area contributed by atoms with E-state index in [4.69, 9.17) is 0 Å². The third kappa shape index (κ3) is 1.02. The van der Waals surface area contributed by atoms with Gasteiger partial charge in [0.2, 0.25) is 0 Å². The molecule has 0 aliphatic carbocycles. The highest BCUT2D eigenvalue weighted by atomic mass is 15.3. The highest BCUT2D eigenvalue weighted by Crippen LogP contribution is 2.16. The molecule has 1 N–H and O–H groups in total. The van der Waals surface area contributed by atoms with Crippen LogP contribution in [0.5, 0.6) is 0 Å². The zero-order valence-corrected chi connectivity index (χ0v) is 7.14. The lowest BCUT2D eigenvalue weighted by Crippen LogP contribution is -2.40. The fourth-order valence-electron chi connectivity index (χ4n) is 1.49. The number of aromatic nitrogens is 3. The van der Waals surface area contributed by atoms with E-state index in [1.807, 2.05) is 28.9 Å². The largest absolute Gasteiger partial charge is 0.315 e. The number of nitrogens with zero attached hydrogens (tertiary/aromatic N) is 3. The number of rotatable bonds is 1. The first kappa shape index (κ1) is 7.03. The Hall–Kier alpha value is -1.42. The van der Waals surface area contributed by atoms with Crippen LogP contribution in [-0.4, -0.2) is 27.7 Å². The molecule has 0 atom stereocenters. The molecule has 1 aliphatic heterocycles. The summed E-state index contributed by atoms with van der Waals surface area (Å²) < 4.78 is 1.83. The van der Waals surface area contributed by atoms with Crippen molar-refractivity contribution in [1.82, 2.24) is 19.9 Å². The molecule has 4 heteroatoms. The van der Waals surface area contributed by atoms with Crippen LogP contribution in [0.15, 0.2) is 24.4 Å². The Bertz CT molecular complexity index is 397. The molecule has 3 heterocycles. The van der Waals surface area contributed by atoms with Crippen molar-refractivity contribution in [3.63, 3.8) is 0 Å². The predicted octanol–water partition coefficient (Wildman–Crippen LogP) is 0.416. The van der Waals surface area contributed by atoms with E-state index < -0.39 is 0 Å². The quantitative estimate of drug-likeness (QED) is 0.681. The van der Waals surface area contributed by atoms with Gasteiger partial charge in [0.15, 0.2) is 11.5 Å². The number of hydrogen-bond acceptors (Lipinski definition) is 3. The van der Waals surface area contributed by atoms with Gasteiger partial charge in [-0.2, -0.15) is 5.10 Å². The van der Waals surface area contributed by atoms with Crippen molar-refractivity contribution in [2.75, 3.05) is 13.1 Å². The van der Waals surface area contributed by atoms with Gasteiger partial charge in [0.05, 0.1) is 0 Å². The Morgan fingerprint density at radius 1 is 1.38 bits per heavy atom. The fourth-order valence-corrected chi connectivity index (χ4v) is 1.49. The van der Waals surface area contributed by atoms with E-state index in [0.717, 1.165) is 24.6 Å². The van der Waals surface area contributed by atoms with Gasteiger partial charge in [-0.15, -0.1) is 0 Å². The smallest absolute Gasteiger partial charge is 0.157 e. The molecule has 0 saturated carbocycles. The van der Waals surface area contributed by atoms with Crippen LogP contribution in [0.2, 0.25) is 0 Å². The fraction of sp³-hybridized carbons (Fsp3) is 0.333. The standard InChI is InChI=1S/C9H10N4/c1-2-4-13-8(3-1)11-9(12-13)7-5-10-6-7/h1-4,7,10H,5-6H2. The molecule has 4 nitrogen and oxygen atoms in total. The molecule has 13 heavy (non-hydrogen) atoms. The Labute approximate surface area is 75.6 Å². The Morgan fingerprint density at radius 3 is 3.00 bits per heavy atom. The second-order valence-electron chi connectivity index (χ2n) is 3.33. The minimum absolute atomic E-state index is 0.514. The summed E-state index contributed by atoms with van der Waals surface area (Å²) in [5.74, 6) is 1.48. The van der Waals surface area contributed by atoms with Crippen LogP contribution in [0.3, 0.4) is 0 Å². The zero-order valence-electron chi connectivity index (χ0n) is 7.14. The average Bonchev–Trinajstić information content (AvgIpc) is 2.43. The summed E-state index contributed by atoms with van der Waals surface area (Å²) in [5.41, 5.74) is 0.935. The lowest BCUT2D eigenvalue weighted by Gasteiger charge is -2.23. The lowest BCUT2D eigenvalue weighted by molar-refractivity contribution is 0.430. The van der Waals surface area contributed by atoms with Crippen LogP contribution in [0, 0.1) is 0 Å². The van der Waals surface area contributed by atoms with Crippen molar-refractivity contribution >= 4 is 5.65 Å². The van der Waals surface area contributed by atoms with Crippen molar-refractivity contribution in [3.8, 4) is 0 Å². The van der Waals surface area contributed by atoms with Crippen LogP contribution < -0.4 is 5.32 Å². The molecule has 1 aliphatic rings. The minimum Gasteiger partial charge on any atom is -0.315 e. The van der Waals surface area contributed by atoms with Crippen LogP contribution in [0.1, 0.15) is 11.7 Å². The van der Waals surface area contributed by atoms with E-state index in [9.17, 15) is 0 Å². The minimum atomic E-state index is 0.514. The van der Waals surface area contributed by atoms with Crippen LogP contribution in [-0.2, 0) is 0 Å². The van der Waals surface area contributed by atoms with Crippen LogP contribution in [0.4, 0.5) is 0 Å². The number of pyridine rings is 1. The number of nitrogens with one attached hydrogen (secondary N) is 1. The highest BCUT2D eigenvalue weighted by Gasteiger charge is 2.22. The summed E-state index contributed by atoms with van der Waals surface area (Å²) in [6.07, 6.45) is 1.93. The second-order valence-corrected chi connectivity index (χ2v) is 3.33. The first-order valence-electron chi connectivity index (χ1n) is 4.45. The second kappa shape index (κ2) is 2.53. The van der Waals surface area contributed by atoms with Gasteiger partial charge in [-0.3, -0.25) is 0 Å². The third-order valence-electron chi connectivity index (χ3n) is 2.40. The van der Waals surface area contributed by atoms with Gasteiger partial charge in [-0.05, 0) is 12.1 Å². The van der Waals surface area contributed by atoms with Crippen molar-refractivity contribution in [2.45, 2.75) is 5.92 Å². The summed E-state index contributed by atoms with van der Waals surface area (Å²) >= 11 is 0. The molecule has 0 bridgehead atoms.